The average molecular weight is 510 g/mol. The molecule has 0 fully saturated rings. The minimum absolute atomic E-state index is 0.0483. The van der Waals surface area contributed by atoms with Crippen LogP contribution in [0.25, 0.3) is 22.8 Å². The molecule has 0 unspecified atom stereocenters. The number of hydrogen-bond donors (Lipinski definition) is 0. The standard InChI is InChI=1S/C26H14N4O8/c27-14-19-24(22-3-1-11-35-22)25(23-4-2-12-36-23)38-26(19)28-15-16-5-8-18(9-6-16)37-21-10-7-17(29(31)32)13-20(21)30(33)34/h1-13,15H. The topological polar surface area (TPSA) is 171 Å². The summed E-state index contributed by atoms with van der Waals surface area (Å²) in [5.74, 6) is 1.27. The van der Waals surface area contributed by atoms with Gasteiger partial charge in [0, 0.05) is 12.3 Å². The maximum Gasteiger partial charge on any atom is 0.318 e. The molecule has 0 N–H and O–H groups in total. The summed E-state index contributed by atoms with van der Waals surface area (Å²) in [4.78, 5) is 25.1. The number of nitro benzene ring substituents is 2. The molecule has 0 atom stereocenters. The van der Waals surface area contributed by atoms with E-state index < -0.39 is 21.2 Å². The number of aliphatic imine (C=N–C) groups is 1. The van der Waals surface area contributed by atoms with E-state index >= 15 is 0 Å². The van der Waals surface area contributed by atoms with E-state index in [1.54, 1.807) is 48.5 Å². The van der Waals surface area contributed by atoms with Crippen LogP contribution in [0.2, 0.25) is 0 Å². The van der Waals surface area contributed by atoms with Crippen molar-refractivity contribution in [2.24, 2.45) is 4.99 Å². The number of non-ortho nitro benzene ring substituents is 1. The zero-order valence-corrected chi connectivity index (χ0v) is 19.1. The maximum absolute atomic E-state index is 11.3. The molecular weight excluding hydrogens is 496 g/mol. The fourth-order valence-corrected chi connectivity index (χ4v) is 3.58. The van der Waals surface area contributed by atoms with Crippen molar-refractivity contribution < 1.29 is 27.8 Å². The van der Waals surface area contributed by atoms with Crippen LogP contribution < -0.4 is 4.74 Å². The first kappa shape index (κ1) is 23.8. The highest BCUT2D eigenvalue weighted by atomic mass is 16.6. The normalized spacial score (nSPS) is 10.9. The van der Waals surface area contributed by atoms with Crippen LogP contribution in [-0.4, -0.2) is 16.1 Å². The van der Waals surface area contributed by atoms with Gasteiger partial charge in [0.05, 0.1) is 34.0 Å². The Morgan fingerprint density at radius 1 is 0.921 bits per heavy atom. The maximum atomic E-state index is 11.3. The molecule has 3 aromatic heterocycles. The van der Waals surface area contributed by atoms with E-state index in [4.69, 9.17) is 18.0 Å². The van der Waals surface area contributed by atoms with Crippen LogP contribution in [0.15, 0.2) is 97.5 Å². The van der Waals surface area contributed by atoms with Gasteiger partial charge in [-0.1, -0.05) is 0 Å². The van der Waals surface area contributed by atoms with Gasteiger partial charge in [-0.2, -0.15) is 5.26 Å². The van der Waals surface area contributed by atoms with E-state index in [0.717, 1.165) is 12.1 Å². The summed E-state index contributed by atoms with van der Waals surface area (Å²) in [7, 11) is 0. The van der Waals surface area contributed by atoms with Crippen LogP contribution in [0.5, 0.6) is 11.5 Å². The molecule has 0 bridgehead atoms. The fraction of sp³-hybridized carbons (Fsp3) is 0. The molecule has 2 aromatic carbocycles. The fourth-order valence-electron chi connectivity index (χ4n) is 3.58. The van der Waals surface area contributed by atoms with E-state index in [0.29, 0.717) is 28.4 Å². The number of ether oxygens (including phenoxy) is 1. The molecule has 12 nitrogen and oxygen atoms in total. The van der Waals surface area contributed by atoms with Gasteiger partial charge in [0.1, 0.15) is 23.1 Å². The molecule has 12 heteroatoms. The van der Waals surface area contributed by atoms with Gasteiger partial charge in [0.15, 0.2) is 11.5 Å². The van der Waals surface area contributed by atoms with Crippen molar-refractivity contribution in [3.8, 4) is 40.4 Å². The zero-order valence-electron chi connectivity index (χ0n) is 19.1. The molecule has 0 radical (unpaired) electrons. The summed E-state index contributed by atoms with van der Waals surface area (Å²) < 4.78 is 22.4. The van der Waals surface area contributed by atoms with E-state index in [-0.39, 0.29) is 22.9 Å². The third kappa shape index (κ3) is 4.62. The van der Waals surface area contributed by atoms with E-state index in [2.05, 4.69) is 11.1 Å². The molecule has 0 saturated heterocycles. The first-order chi connectivity index (χ1) is 18.4. The first-order valence-electron chi connectivity index (χ1n) is 10.8. The van der Waals surface area contributed by atoms with Crippen molar-refractivity contribution >= 4 is 23.5 Å². The van der Waals surface area contributed by atoms with Gasteiger partial charge in [-0.05, 0) is 60.2 Å². The number of nitro groups is 2. The Bertz CT molecular complexity index is 1690. The summed E-state index contributed by atoms with van der Waals surface area (Å²) in [5.41, 5.74) is 0.220. The number of benzene rings is 2. The van der Waals surface area contributed by atoms with Crippen LogP contribution >= 0.6 is 0 Å². The van der Waals surface area contributed by atoms with Gasteiger partial charge in [0.2, 0.25) is 11.6 Å². The Morgan fingerprint density at radius 2 is 1.63 bits per heavy atom. The van der Waals surface area contributed by atoms with Gasteiger partial charge in [-0.15, -0.1) is 0 Å². The summed E-state index contributed by atoms with van der Waals surface area (Å²) in [6.45, 7) is 0. The van der Waals surface area contributed by atoms with Gasteiger partial charge in [-0.3, -0.25) is 20.2 Å². The number of rotatable bonds is 8. The third-order valence-electron chi connectivity index (χ3n) is 5.30. The molecule has 5 rings (SSSR count). The highest BCUT2D eigenvalue weighted by Gasteiger charge is 2.26. The molecule has 0 amide bonds. The smallest absolute Gasteiger partial charge is 0.318 e. The summed E-state index contributed by atoms with van der Waals surface area (Å²) in [6, 6.07) is 18.3. The predicted molar refractivity (Wildman–Crippen MR) is 132 cm³/mol. The van der Waals surface area contributed by atoms with Crippen LogP contribution in [0, 0.1) is 31.6 Å². The molecule has 5 aromatic rings. The minimum atomic E-state index is -0.756. The lowest BCUT2D eigenvalue weighted by Crippen LogP contribution is -1.96. The molecule has 186 valence electrons. The monoisotopic (exact) mass is 510 g/mol. The summed E-state index contributed by atoms with van der Waals surface area (Å²) in [6.07, 6.45) is 4.43. The van der Waals surface area contributed by atoms with Crippen molar-refractivity contribution in [3.05, 3.63) is 111 Å². The number of hydrogen-bond acceptors (Lipinski definition) is 10. The Labute approximate surface area is 212 Å². The zero-order chi connectivity index (χ0) is 26.6. The summed E-state index contributed by atoms with van der Waals surface area (Å²) in [5, 5.41) is 32.1. The van der Waals surface area contributed by atoms with E-state index in [9.17, 15) is 25.5 Å². The SMILES string of the molecule is N#Cc1c(N=Cc2ccc(Oc3ccc([N+](=O)[O-])cc3[N+](=O)[O-])cc2)oc(-c2ccco2)c1-c1ccco1. The largest absolute Gasteiger partial charge is 0.464 e. The van der Waals surface area contributed by atoms with Gasteiger partial charge in [-0.25, -0.2) is 4.99 Å². The second-order valence-electron chi connectivity index (χ2n) is 7.65. The molecular formula is C26H14N4O8. The van der Waals surface area contributed by atoms with Crippen LogP contribution in [0.3, 0.4) is 0 Å². The van der Waals surface area contributed by atoms with Crippen molar-refractivity contribution in [3.63, 3.8) is 0 Å². The lowest BCUT2D eigenvalue weighted by Gasteiger charge is -2.06. The molecule has 0 aliphatic rings. The predicted octanol–water partition coefficient (Wildman–Crippen LogP) is 7.03. The molecule has 3 heterocycles. The van der Waals surface area contributed by atoms with Crippen molar-refractivity contribution in [1.82, 2.24) is 0 Å². The van der Waals surface area contributed by atoms with Crippen molar-refractivity contribution in [2.45, 2.75) is 0 Å². The minimum Gasteiger partial charge on any atom is -0.464 e. The molecule has 0 saturated carbocycles. The highest BCUT2D eigenvalue weighted by molar-refractivity contribution is 5.87. The Morgan fingerprint density at radius 3 is 2.24 bits per heavy atom. The van der Waals surface area contributed by atoms with Crippen LogP contribution in [0.1, 0.15) is 11.1 Å². The number of nitriles is 1. The van der Waals surface area contributed by atoms with Crippen molar-refractivity contribution in [2.75, 3.05) is 0 Å². The first-order valence-corrected chi connectivity index (χ1v) is 10.8. The second-order valence-corrected chi connectivity index (χ2v) is 7.65. The second kappa shape index (κ2) is 9.96. The molecule has 0 aliphatic carbocycles. The van der Waals surface area contributed by atoms with Crippen LogP contribution in [0.4, 0.5) is 17.3 Å². The molecule has 38 heavy (non-hydrogen) atoms. The number of nitrogens with zero attached hydrogens (tertiary/aromatic N) is 4. The van der Waals surface area contributed by atoms with Gasteiger partial charge < -0.3 is 18.0 Å². The third-order valence-corrected chi connectivity index (χ3v) is 5.30. The summed E-state index contributed by atoms with van der Waals surface area (Å²) >= 11 is 0. The van der Waals surface area contributed by atoms with Crippen LogP contribution in [-0.2, 0) is 0 Å². The van der Waals surface area contributed by atoms with Gasteiger partial charge in [0.25, 0.3) is 5.69 Å². The molecule has 0 spiro atoms. The van der Waals surface area contributed by atoms with E-state index in [1.807, 2.05) is 0 Å². The lowest BCUT2D eigenvalue weighted by atomic mass is 10.1. The Hall–Kier alpha value is -5.96. The Kier molecular flexibility index (Phi) is 6.23. The van der Waals surface area contributed by atoms with Crippen molar-refractivity contribution in [1.29, 1.82) is 5.26 Å². The van der Waals surface area contributed by atoms with E-state index in [1.165, 1.54) is 24.8 Å². The highest BCUT2D eigenvalue weighted by Crippen LogP contribution is 2.43. The van der Waals surface area contributed by atoms with Gasteiger partial charge >= 0.3 is 5.69 Å². The lowest BCUT2D eigenvalue weighted by molar-refractivity contribution is -0.394. The molecule has 0 aliphatic heterocycles. The number of furan rings is 3. The Balaban J connectivity index is 1.42. The average Bonchev–Trinajstić information content (AvgIpc) is 3.69. The quantitative estimate of drug-likeness (QED) is 0.121.